The number of amides is 1. The molecule has 0 aromatic heterocycles. The first-order chi connectivity index (χ1) is 10.4. The van der Waals surface area contributed by atoms with Crippen molar-refractivity contribution in [1.29, 1.82) is 0 Å². The van der Waals surface area contributed by atoms with Gasteiger partial charge in [-0.15, -0.1) is 0 Å². The minimum Gasteiger partial charge on any atom is -0.445 e. The van der Waals surface area contributed by atoms with Crippen LogP contribution in [0.2, 0.25) is 0 Å². The Labute approximate surface area is 130 Å². The van der Waals surface area contributed by atoms with Gasteiger partial charge in [0.15, 0.2) is 0 Å². The van der Waals surface area contributed by atoms with Gasteiger partial charge in [-0.2, -0.15) is 8.42 Å². The van der Waals surface area contributed by atoms with Crippen LogP contribution in [0, 0.1) is 0 Å². The average Bonchev–Trinajstić information content (AvgIpc) is 2.47. The standard InChI is InChI=1S/C15H21NO5S/c1-22(18,19)21-14-9-7-13(8-10-14)16-15(17)20-11-12-5-3-2-4-6-12/h2-6,13-14H,7-11H2,1H3,(H,16,17)/t13-,14-. The van der Waals surface area contributed by atoms with Crippen LogP contribution in [-0.2, 0) is 25.6 Å². The molecule has 1 N–H and O–H groups in total. The summed E-state index contributed by atoms with van der Waals surface area (Å²) in [6.45, 7) is 0.235. The molecule has 1 amide bonds. The number of hydrogen-bond acceptors (Lipinski definition) is 5. The number of alkyl carbamates (subject to hydrolysis) is 1. The van der Waals surface area contributed by atoms with E-state index in [2.05, 4.69) is 5.32 Å². The maximum atomic E-state index is 11.7. The van der Waals surface area contributed by atoms with E-state index in [0.29, 0.717) is 25.7 Å². The zero-order chi connectivity index (χ0) is 16.0. The van der Waals surface area contributed by atoms with Crippen molar-refractivity contribution in [2.75, 3.05) is 6.26 Å². The first kappa shape index (κ1) is 16.8. The van der Waals surface area contributed by atoms with Crippen LogP contribution in [-0.4, -0.2) is 32.9 Å². The molecule has 0 atom stereocenters. The number of ether oxygens (including phenoxy) is 1. The lowest BCUT2D eigenvalue weighted by molar-refractivity contribution is 0.119. The molecule has 7 heteroatoms. The Hall–Kier alpha value is -1.60. The van der Waals surface area contributed by atoms with Crippen LogP contribution in [0.3, 0.4) is 0 Å². The topological polar surface area (TPSA) is 81.7 Å². The van der Waals surface area contributed by atoms with Crippen molar-refractivity contribution in [3.05, 3.63) is 35.9 Å². The maximum absolute atomic E-state index is 11.7. The van der Waals surface area contributed by atoms with Gasteiger partial charge in [0.2, 0.25) is 0 Å². The Morgan fingerprint density at radius 3 is 2.41 bits per heavy atom. The lowest BCUT2D eigenvalue weighted by Gasteiger charge is -2.27. The van der Waals surface area contributed by atoms with Gasteiger partial charge in [-0.05, 0) is 31.2 Å². The van der Waals surface area contributed by atoms with Gasteiger partial charge in [0.1, 0.15) is 6.61 Å². The number of carbonyl (C=O) groups is 1. The molecule has 1 aromatic carbocycles. The fourth-order valence-corrected chi connectivity index (χ4v) is 3.17. The highest BCUT2D eigenvalue weighted by atomic mass is 32.2. The minimum atomic E-state index is -3.42. The molecule has 1 saturated carbocycles. The lowest BCUT2D eigenvalue weighted by Crippen LogP contribution is -2.39. The van der Waals surface area contributed by atoms with Crippen molar-refractivity contribution in [2.45, 2.75) is 44.4 Å². The summed E-state index contributed by atoms with van der Waals surface area (Å²) in [4.78, 5) is 11.7. The van der Waals surface area contributed by atoms with Crippen LogP contribution in [0.5, 0.6) is 0 Å². The van der Waals surface area contributed by atoms with Gasteiger partial charge in [-0.25, -0.2) is 4.79 Å². The smallest absolute Gasteiger partial charge is 0.407 e. The molecular formula is C15H21NO5S. The minimum absolute atomic E-state index is 0.00248. The van der Waals surface area contributed by atoms with E-state index in [0.717, 1.165) is 11.8 Å². The Morgan fingerprint density at radius 2 is 1.82 bits per heavy atom. The van der Waals surface area contributed by atoms with Crippen LogP contribution < -0.4 is 5.32 Å². The van der Waals surface area contributed by atoms with E-state index in [1.165, 1.54) is 0 Å². The van der Waals surface area contributed by atoms with Gasteiger partial charge in [0.05, 0.1) is 12.4 Å². The first-order valence-electron chi connectivity index (χ1n) is 7.28. The van der Waals surface area contributed by atoms with Crippen molar-refractivity contribution in [3.8, 4) is 0 Å². The van der Waals surface area contributed by atoms with Gasteiger partial charge >= 0.3 is 6.09 Å². The number of benzene rings is 1. The van der Waals surface area contributed by atoms with Gasteiger partial charge in [-0.3, -0.25) is 4.18 Å². The Bertz CT molecular complexity index is 579. The van der Waals surface area contributed by atoms with Crippen LogP contribution in [0.15, 0.2) is 30.3 Å². The highest BCUT2D eigenvalue weighted by Gasteiger charge is 2.25. The van der Waals surface area contributed by atoms with Gasteiger partial charge < -0.3 is 10.1 Å². The molecule has 1 fully saturated rings. The molecule has 0 heterocycles. The van der Waals surface area contributed by atoms with E-state index >= 15 is 0 Å². The normalized spacial score (nSPS) is 22.0. The molecule has 0 unspecified atom stereocenters. The van der Waals surface area contributed by atoms with Gasteiger partial charge in [0, 0.05) is 6.04 Å². The van der Waals surface area contributed by atoms with E-state index in [1.807, 2.05) is 30.3 Å². The monoisotopic (exact) mass is 327 g/mol. The van der Waals surface area contributed by atoms with Crippen molar-refractivity contribution in [2.24, 2.45) is 0 Å². The Balaban J connectivity index is 1.68. The summed E-state index contributed by atoms with van der Waals surface area (Å²) in [7, 11) is -3.42. The second kappa shape index (κ2) is 7.60. The molecule has 0 spiro atoms. The molecule has 122 valence electrons. The van der Waals surface area contributed by atoms with E-state index in [4.69, 9.17) is 8.92 Å². The lowest BCUT2D eigenvalue weighted by atomic mass is 9.93. The molecule has 2 rings (SSSR count). The van der Waals surface area contributed by atoms with Crippen molar-refractivity contribution >= 4 is 16.2 Å². The third kappa shape index (κ3) is 6.03. The zero-order valence-electron chi connectivity index (χ0n) is 12.5. The number of carbonyl (C=O) groups excluding carboxylic acids is 1. The molecule has 0 radical (unpaired) electrons. The van der Waals surface area contributed by atoms with Crippen molar-refractivity contribution in [1.82, 2.24) is 5.32 Å². The van der Waals surface area contributed by atoms with Crippen molar-refractivity contribution < 1.29 is 22.1 Å². The summed E-state index contributed by atoms with van der Waals surface area (Å²) in [5, 5.41) is 2.81. The molecular weight excluding hydrogens is 306 g/mol. The van der Waals surface area contributed by atoms with Crippen molar-refractivity contribution in [3.63, 3.8) is 0 Å². The van der Waals surface area contributed by atoms with Gasteiger partial charge in [0.25, 0.3) is 10.1 Å². The average molecular weight is 327 g/mol. The second-order valence-electron chi connectivity index (χ2n) is 5.48. The highest BCUT2D eigenvalue weighted by molar-refractivity contribution is 7.86. The summed E-state index contributed by atoms with van der Waals surface area (Å²) in [5.41, 5.74) is 0.933. The molecule has 0 bridgehead atoms. The number of hydrogen-bond donors (Lipinski definition) is 1. The molecule has 6 nitrogen and oxygen atoms in total. The van der Waals surface area contributed by atoms with Crippen LogP contribution >= 0.6 is 0 Å². The third-order valence-corrected chi connectivity index (χ3v) is 4.14. The summed E-state index contributed by atoms with van der Waals surface area (Å²) in [5.74, 6) is 0. The predicted octanol–water partition coefficient (Wildman–Crippen LogP) is 2.20. The van der Waals surface area contributed by atoms with Crippen LogP contribution in [0.25, 0.3) is 0 Å². The Kier molecular flexibility index (Phi) is 5.79. The summed E-state index contributed by atoms with van der Waals surface area (Å²) in [6, 6.07) is 9.46. The van der Waals surface area contributed by atoms with E-state index in [-0.39, 0.29) is 18.8 Å². The quantitative estimate of drug-likeness (QED) is 0.839. The first-order valence-corrected chi connectivity index (χ1v) is 9.09. The SMILES string of the molecule is CS(=O)(=O)O[C@H]1CC[C@H](NC(=O)OCc2ccccc2)CC1. The molecule has 22 heavy (non-hydrogen) atoms. The molecule has 0 saturated heterocycles. The van der Waals surface area contributed by atoms with E-state index in [9.17, 15) is 13.2 Å². The second-order valence-corrected chi connectivity index (χ2v) is 7.08. The molecule has 1 aliphatic carbocycles. The van der Waals surface area contributed by atoms with Gasteiger partial charge in [-0.1, -0.05) is 30.3 Å². The number of rotatable bonds is 5. The highest BCUT2D eigenvalue weighted by Crippen LogP contribution is 2.22. The largest absolute Gasteiger partial charge is 0.445 e. The summed E-state index contributed by atoms with van der Waals surface area (Å²) >= 11 is 0. The van der Waals surface area contributed by atoms with E-state index in [1.54, 1.807) is 0 Å². The Morgan fingerprint density at radius 1 is 1.18 bits per heavy atom. The maximum Gasteiger partial charge on any atom is 0.407 e. The summed E-state index contributed by atoms with van der Waals surface area (Å²) in [6.07, 6.45) is 2.90. The molecule has 0 aliphatic heterocycles. The number of nitrogens with one attached hydrogen (secondary N) is 1. The van der Waals surface area contributed by atoms with Crippen LogP contribution in [0.4, 0.5) is 4.79 Å². The molecule has 1 aromatic rings. The predicted molar refractivity (Wildman–Crippen MR) is 81.7 cm³/mol. The molecule has 1 aliphatic rings. The fourth-order valence-electron chi connectivity index (χ4n) is 2.48. The fraction of sp³-hybridized carbons (Fsp3) is 0.533. The van der Waals surface area contributed by atoms with Crippen LogP contribution in [0.1, 0.15) is 31.2 Å². The third-order valence-electron chi connectivity index (χ3n) is 3.52. The summed E-state index contributed by atoms with van der Waals surface area (Å²) < 4.78 is 32.3. The zero-order valence-corrected chi connectivity index (χ0v) is 13.3. The van der Waals surface area contributed by atoms with E-state index < -0.39 is 16.2 Å².